The Morgan fingerprint density at radius 1 is 1.38 bits per heavy atom. The van der Waals surface area contributed by atoms with Crippen LogP contribution in [0.5, 0.6) is 11.5 Å². The van der Waals surface area contributed by atoms with Crippen molar-refractivity contribution in [2.24, 2.45) is 10.2 Å². The summed E-state index contributed by atoms with van der Waals surface area (Å²) in [6.45, 7) is 3.54. The summed E-state index contributed by atoms with van der Waals surface area (Å²) in [4.78, 5) is 0. The minimum atomic E-state index is 0.0539. The highest BCUT2D eigenvalue weighted by Gasteiger charge is 2.17. The number of nitrogens with two attached hydrogens (primary N) is 1. The first-order valence-corrected chi connectivity index (χ1v) is 7.47. The zero-order valence-electron chi connectivity index (χ0n) is 14.3. The lowest BCUT2D eigenvalue weighted by atomic mass is 10.2. The number of phenolic OH excluding ortho intramolecular Hbond substituents is 1. The van der Waals surface area contributed by atoms with Crippen molar-refractivity contribution in [1.82, 2.24) is 25.3 Å². The Hall–Kier alpha value is -3.76. The SMILES string of the molecule is COc1cc(/C=N/N=C(C)c2nnn(-c3nonc3N)c2C)ccc1O. The minimum absolute atomic E-state index is 0.0539. The average molecular weight is 356 g/mol. The number of phenols is 1. The van der Waals surface area contributed by atoms with Gasteiger partial charge in [-0.15, -0.1) is 5.10 Å². The lowest BCUT2D eigenvalue weighted by Gasteiger charge is -2.02. The smallest absolute Gasteiger partial charge is 0.243 e. The number of hydrogen-bond acceptors (Lipinski definition) is 10. The van der Waals surface area contributed by atoms with Gasteiger partial charge in [0.1, 0.15) is 5.69 Å². The van der Waals surface area contributed by atoms with Crippen molar-refractivity contribution < 1.29 is 14.5 Å². The van der Waals surface area contributed by atoms with Crippen LogP contribution in [0, 0.1) is 6.92 Å². The van der Waals surface area contributed by atoms with Gasteiger partial charge in [-0.05, 0) is 47.9 Å². The van der Waals surface area contributed by atoms with Crippen molar-refractivity contribution >= 4 is 17.7 Å². The Morgan fingerprint density at radius 2 is 2.19 bits per heavy atom. The summed E-state index contributed by atoms with van der Waals surface area (Å²) in [6, 6.07) is 4.85. The molecule has 2 heterocycles. The zero-order chi connectivity index (χ0) is 18.7. The van der Waals surface area contributed by atoms with Crippen LogP contribution in [0.1, 0.15) is 23.9 Å². The molecule has 1 aromatic carbocycles. The van der Waals surface area contributed by atoms with E-state index in [9.17, 15) is 5.11 Å². The van der Waals surface area contributed by atoms with Gasteiger partial charge >= 0.3 is 0 Å². The predicted octanol–water partition coefficient (Wildman–Crippen LogP) is 1.10. The molecule has 0 spiro atoms. The Balaban J connectivity index is 1.82. The molecule has 3 N–H and O–H groups in total. The fourth-order valence-electron chi connectivity index (χ4n) is 2.21. The highest BCUT2D eigenvalue weighted by molar-refractivity contribution is 5.98. The number of nitrogens with zero attached hydrogens (tertiary/aromatic N) is 7. The van der Waals surface area contributed by atoms with Gasteiger partial charge in [0, 0.05) is 0 Å². The van der Waals surface area contributed by atoms with Gasteiger partial charge in [-0.1, -0.05) is 5.21 Å². The fraction of sp³-hybridized carbons (Fsp3) is 0.200. The van der Waals surface area contributed by atoms with Crippen molar-refractivity contribution in [1.29, 1.82) is 0 Å². The summed E-state index contributed by atoms with van der Waals surface area (Å²) < 4.78 is 11.0. The number of benzene rings is 1. The largest absolute Gasteiger partial charge is 0.504 e. The maximum Gasteiger partial charge on any atom is 0.243 e. The number of ether oxygens (including phenoxy) is 1. The van der Waals surface area contributed by atoms with Crippen molar-refractivity contribution in [3.8, 4) is 17.3 Å². The van der Waals surface area contributed by atoms with Crippen LogP contribution in [0.15, 0.2) is 33.0 Å². The van der Waals surface area contributed by atoms with Crippen LogP contribution in [0.4, 0.5) is 5.82 Å². The summed E-state index contributed by atoms with van der Waals surface area (Å²) in [5.41, 5.74) is 8.13. The zero-order valence-corrected chi connectivity index (χ0v) is 14.3. The molecule has 0 unspecified atom stereocenters. The Labute approximate surface area is 147 Å². The van der Waals surface area contributed by atoms with E-state index in [2.05, 4.69) is 35.5 Å². The molecule has 0 amide bonds. The van der Waals surface area contributed by atoms with E-state index in [0.29, 0.717) is 22.8 Å². The van der Waals surface area contributed by atoms with Gasteiger partial charge in [0.25, 0.3) is 0 Å². The third-order valence-corrected chi connectivity index (χ3v) is 3.55. The highest BCUT2D eigenvalue weighted by atomic mass is 16.6. The second kappa shape index (κ2) is 7.01. The summed E-state index contributed by atoms with van der Waals surface area (Å²) in [6.07, 6.45) is 1.53. The van der Waals surface area contributed by atoms with Gasteiger partial charge in [-0.3, -0.25) is 0 Å². The number of nitrogen functional groups attached to an aromatic ring is 1. The lowest BCUT2D eigenvalue weighted by Crippen LogP contribution is -2.04. The molecule has 0 atom stereocenters. The van der Waals surface area contributed by atoms with Gasteiger partial charge in [0.2, 0.25) is 11.6 Å². The molecule has 0 aliphatic carbocycles. The first-order valence-electron chi connectivity index (χ1n) is 7.47. The Bertz CT molecular complexity index is 989. The molecule has 11 nitrogen and oxygen atoms in total. The number of aromatic nitrogens is 5. The fourth-order valence-corrected chi connectivity index (χ4v) is 2.21. The molecular formula is C15H16N8O3. The van der Waals surface area contributed by atoms with E-state index in [1.165, 1.54) is 24.1 Å². The van der Waals surface area contributed by atoms with E-state index in [-0.39, 0.29) is 17.4 Å². The van der Waals surface area contributed by atoms with Crippen LogP contribution in [0.3, 0.4) is 0 Å². The second-order valence-electron chi connectivity index (χ2n) is 5.27. The number of anilines is 1. The van der Waals surface area contributed by atoms with Gasteiger partial charge in [-0.25, -0.2) is 4.63 Å². The molecule has 0 aliphatic heterocycles. The Morgan fingerprint density at radius 3 is 2.88 bits per heavy atom. The molecule has 3 rings (SSSR count). The van der Waals surface area contributed by atoms with E-state index in [1.54, 1.807) is 26.0 Å². The molecular weight excluding hydrogens is 340 g/mol. The maximum atomic E-state index is 9.59. The monoisotopic (exact) mass is 356 g/mol. The maximum absolute atomic E-state index is 9.59. The topological polar surface area (TPSA) is 150 Å². The molecule has 0 radical (unpaired) electrons. The predicted molar refractivity (Wildman–Crippen MR) is 92.8 cm³/mol. The lowest BCUT2D eigenvalue weighted by molar-refractivity contribution is 0.306. The van der Waals surface area contributed by atoms with Gasteiger partial charge < -0.3 is 15.6 Å². The van der Waals surface area contributed by atoms with E-state index in [4.69, 9.17) is 10.5 Å². The van der Waals surface area contributed by atoms with Gasteiger partial charge in [0.05, 0.1) is 24.7 Å². The third-order valence-electron chi connectivity index (χ3n) is 3.55. The number of methoxy groups -OCH3 is 1. The molecule has 26 heavy (non-hydrogen) atoms. The van der Waals surface area contributed by atoms with Crippen molar-refractivity contribution in [3.63, 3.8) is 0 Å². The van der Waals surface area contributed by atoms with E-state index in [1.807, 2.05) is 0 Å². The molecule has 0 saturated carbocycles. The number of hydrogen-bond donors (Lipinski definition) is 2. The molecule has 0 fully saturated rings. The molecule has 0 saturated heterocycles. The first kappa shape index (κ1) is 17.1. The third kappa shape index (κ3) is 3.22. The van der Waals surface area contributed by atoms with E-state index >= 15 is 0 Å². The Kier molecular flexibility index (Phi) is 4.60. The standard InChI is InChI=1S/C15H16N8O3/c1-8(18-17-7-10-4-5-11(24)12(6-10)25-3)13-9(2)23(22-19-13)15-14(16)20-26-21-15/h4-7,24H,1-3H3,(H2,16,20)/b17-7+,18-8?. The summed E-state index contributed by atoms with van der Waals surface area (Å²) in [5, 5.41) is 33.0. The summed E-state index contributed by atoms with van der Waals surface area (Å²) >= 11 is 0. The van der Waals surface area contributed by atoms with Crippen LogP contribution in [-0.4, -0.2) is 49.4 Å². The average Bonchev–Trinajstić information content (AvgIpc) is 3.21. The van der Waals surface area contributed by atoms with Crippen LogP contribution in [0.25, 0.3) is 5.82 Å². The summed E-state index contributed by atoms with van der Waals surface area (Å²) in [5.74, 6) is 0.776. The summed E-state index contributed by atoms with van der Waals surface area (Å²) in [7, 11) is 1.47. The van der Waals surface area contributed by atoms with Crippen molar-refractivity contribution in [2.45, 2.75) is 13.8 Å². The quantitative estimate of drug-likeness (QED) is 0.509. The van der Waals surface area contributed by atoms with Crippen LogP contribution >= 0.6 is 0 Å². The van der Waals surface area contributed by atoms with Crippen LogP contribution in [-0.2, 0) is 0 Å². The highest BCUT2D eigenvalue weighted by Crippen LogP contribution is 2.25. The first-order chi connectivity index (χ1) is 12.5. The molecule has 11 heteroatoms. The molecule has 3 aromatic rings. The normalized spacial score (nSPS) is 12.0. The van der Waals surface area contributed by atoms with Gasteiger partial charge in [0.15, 0.2) is 11.5 Å². The van der Waals surface area contributed by atoms with Crippen LogP contribution in [0.2, 0.25) is 0 Å². The van der Waals surface area contributed by atoms with Crippen LogP contribution < -0.4 is 10.5 Å². The number of rotatable bonds is 5. The van der Waals surface area contributed by atoms with Crippen molar-refractivity contribution in [3.05, 3.63) is 35.2 Å². The molecule has 0 bridgehead atoms. The molecule has 2 aromatic heterocycles. The van der Waals surface area contributed by atoms with Crippen molar-refractivity contribution in [2.75, 3.05) is 12.8 Å². The molecule has 134 valence electrons. The second-order valence-corrected chi connectivity index (χ2v) is 5.27. The molecule has 0 aliphatic rings. The van der Waals surface area contributed by atoms with E-state index in [0.717, 1.165) is 5.56 Å². The minimum Gasteiger partial charge on any atom is -0.504 e. The number of aromatic hydroxyl groups is 1. The van der Waals surface area contributed by atoms with E-state index < -0.39 is 0 Å². The van der Waals surface area contributed by atoms with Gasteiger partial charge in [-0.2, -0.15) is 14.9 Å².